The number of unbranched alkanes of at least 4 members (excludes halogenated alkanes) is 1. The average Bonchev–Trinajstić information content (AvgIpc) is 2.41. The van der Waals surface area contributed by atoms with Crippen LogP contribution in [-0.2, 0) is 4.79 Å². The molecule has 0 aromatic heterocycles. The lowest BCUT2D eigenvalue weighted by atomic mass is 10.2. The van der Waals surface area contributed by atoms with E-state index in [1.807, 2.05) is 19.1 Å². The minimum Gasteiger partial charge on any atom is -0.374 e. The molecular formula is C14H18Br3N3O. The molecule has 0 heterocycles. The summed E-state index contributed by atoms with van der Waals surface area (Å²) in [5.41, 5.74) is 4.33. The molecule has 0 fully saturated rings. The minimum atomic E-state index is -0.174. The number of rotatable bonds is 7. The Morgan fingerprint density at radius 1 is 1.24 bits per heavy atom. The van der Waals surface area contributed by atoms with Crippen LogP contribution in [0, 0.1) is 0 Å². The molecule has 0 radical (unpaired) electrons. The Balaban J connectivity index is 2.50. The van der Waals surface area contributed by atoms with E-state index >= 15 is 0 Å². The molecule has 0 saturated heterocycles. The van der Waals surface area contributed by atoms with Crippen LogP contribution in [0.4, 0.5) is 5.69 Å². The highest BCUT2D eigenvalue weighted by Crippen LogP contribution is 2.34. The summed E-state index contributed by atoms with van der Waals surface area (Å²) in [5.74, 6) is -0.174. The zero-order chi connectivity index (χ0) is 15.8. The van der Waals surface area contributed by atoms with Gasteiger partial charge in [0.2, 0.25) is 0 Å². The molecule has 1 amide bonds. The van der Waals surface area contributed by atoms with Crippen LogP contribution in [0.15, 0.2) is 30.7 Å². The maximum atomic E-state index is 11.8. The van der Waals surface area contributed by atoms with Crippen LogP contribution in [0.2, 0.25) is 0 Å². The number of nitrogens with one attached hydrogen (secondary N) is 2. The third-order valence-corrected chi connectivity index (χ3v) is 4.40. The molecule has 0 atom stereocenters. The van der Waals surface area contributed by atoms with E-state index in [1.165, 1.54) is 0 Å². The Kier molecular flexibility index (Phi) is 8.51. The van der Waals surface area contributed by atoms with E-state index in [2.05, 4.69) is 70.6 Å². The van der Waals surface area contributed by atoms with Crippen LogP contribution in [-0.4, -0.2) is 18.2 Å². The van der Waals surface area contributed by atoms with Gasteiger partial charge in [-0.3, -0.25) is 4.79 Å². The van der Waals surface area contributed by atoms with E-state index in [9.17, 15) is 4.79 Å². The van der Waals surface area contributed by atoms with Crippen molar-refractivity contribution in [2.75, 3.05) is 11.9 Å². The van der Waals surface area contributed by atoms with E-state index in [0.717, 1.165) is 44.1 Å². The number of anilines is 1. The SMILES string of the molecule is CCCCC(C)=NNC(=O)CNc1c(Br)cc(Br)cc1Br. The zero-order valence-corrected chi connectivity index (χ0v) is 16.7. The summed E-state index contributed by atoms with van der Waals surface area (Å²) in [4.78, 5) is 11.8. The van der Waals surface area contributed by atoms with Gasteiger partial charge in [0, 0.05) is 19.1 Å². The Labute approximate surface area is 150 Å². The van der Waals surface area contributed by atoms with Gasteiger partial charge in [0.05, 0.1) is 12.2 Å². The van der Waals surface area contributed by atoms with Crippen molar-refractivity contribution < 1.29 is 4.79 Å². The largest absolute Gasteiger partial charge is 0.374 e. The molecule has 2 N–H and O–H groups in total. The predicted molar refractivity (Wildman–Crippen MR) is 98.8 cm³/mol. The molecule has 0 aliphatic rings. The van der Waals surface area contributed by atoms with Crippen LogP contribution in [0.5, 0.6) is 0 Å². The summed E-state index contributed by atoms with van der Waals surface area (Å²) < 4.78 is 2.70. The van der Waals surface area contributed by atoms with Gasteiger partial charge < -0.3 is 5.32 Å². The van der Waals surface area contributed by atoms with Gasteiger partial charge in [0.15, 0.2) is 0 Å². The highest BCUT2D eigenvalue weighted by Gasteiger charge is 2.08. The van der Waals surface area contributed by atoms with Crippen molar-refractivity contribution in [3.8, 4) is 0 Å². The Morgan fingerprint density at radius 3 is 2.43 bits per heavy atom. The fourth-order valence-corrected chi connectivity index (χ4v) is 4.10. The zero-order valence-electron chi connectivity index (χ0n) is 12.0. The van der Waals surface area contributed by atoms with E-state index in [1.54, 1.807) is 0 Å². The number of halogens is 3. The van der Waals surface area contributed by atoms with E-state index in [4.69, 9.17) is 0 Å². The smallest absolute Gasteiger partial charge is 0.259 e. The molecule has 1 rings (SSSR count). The number of carbonyl (C=O) groups excluding carboxylic acids is 1. The lowest BCUT2D eigenvalue weighted by Gasteiger charge is -2.10. The maximum Gasteiger partial charge on any atom is 0.259 e. The first-order chi connectivity index (χ1) is 9.93. The summed E-state index contributed by atoms with van der Waals surface area (Å²) in [6.45, 7) is 4.21. The second kappa shape index (κ2) is 9.58. The highest BCUT2D eigenvalue weighted by molar-refractivity contribution is 9.11. The maximum absolute atomic E-state index is 11.8. The fourth-order valence-electron chi connectivity index (χ4n) is 1.57. The van der Waals surface area contributed by atoms with E-state index < -0.39 is 0 Å². The fraction of sp³-hybridized carbons (Fsp3) is 0.429. The lowest BCUT2D eigenvalue weighted by molar-refractivity contribution is -0.119. The first kappa shape index (κ1) is 18.6. The van der Waals surface area contributed by atoms with Crippen molar-refractivity contribution in [2.24, 2.45) is 5.10 Å². The van der Waals surface area contributed by atoms with Gasteiger partial charge in [-0.1, -0.05) is 29.3 Å². The summed E-state index contributed by atoms with van der Waals surface area (Å²) >= 11 is 10.3. The molecular weight excluding hydrogens is 466 g/mol. The molecule has 0 unspecified atom stereocenters. The number of benzene rings is 1. The molecule has 7 heteroatoms. The number of carbonyl (C=O) groups is 1. The first-order valence-corrected chi connectivity index (χ1v) is 9.02. The molecule has 4 nitrogen and oxygen atoms in total. The molecule has 0 bridgehead atoms. The van der Waals surface area contributed by atoms with Crippen molar-refractivity contribution in [1.29, 1.82) is 0 Å². The predicted octanol–water partition coefficient (Wildman–Crippen LogP) is 5.07. The van der Waals surface area contributed by atoms with Crippen LogP contribution in [0.3, 0.4) is 0 Å². The molecule has 0 spiro atoms. The number of hydrogen-bond acceptors (Lipinski definition) is 3. The Hall–Kier alpha value is -0.400. The quantitative estimate of drug-likeness (QED) is 0.420. The summed E-state index contributed by atoms with van der Waals surface area (Å²) in [6, 6.07) is 3.83. The number of nitrogens with zero attached hydrogens (tertiary/aromatic N) is 1. The second-order valence-corrected chi connectivity index (χ2v) is 7.21. The van der Waals surface area contributed by atoms with Crippen molar-refractivity contribution in [3.63, 3.8) is 0 Å². The van der Waals surface area contributed by atoms with Gasteiger partial charge in [0.25, 0.3) is 5.91 Å². The van der Waals surface area contributed by atoms with Crippen molar-refractivity contribution in [1.82, 2.24) is 5.43 Å². The van der Waals surface area contributed by atoms with Crippen LogP contribution in [0.1, 0.15) is 33.1 Å². The van der Waals surface area contributed by atoms with Gasteiger partial charge >= 0.3 is 0 Å². The molecule has 0 aliphatic heterocycles. The van der Waals surface area contributed by atoms with Crippen molar-refractivity contribution in [2.45, 2.75) is 33.1 Å². The lowest BCUT2D eigenvalue weighted by Crippen LogP contribution is -2.26. The number of hydrogen-bond donors (Lipinski definition) is 2. The molecule has 0 saturated carbocycles. The second-order valence-electron chi connectivity index (χ2n) is 4.58. The van der Waals surface area contributed by atoms with Gasteiger partial charge in [-0.05, 0) is 63.8 Å². The van der Waals surface area contributed by atoms with Crippen molar-refractivity contribution in [3.05, 3.63) is 25.6 Å². The summed E-state index contributed by atoms with van der Waals surface area (Å²) in [6.07, 6.45) is 3.12. The minimum absolute atomic E-state index is 0.156. The summed E-state index contributed by atoms with van der Waals surface area (Å²) in [5, 5.41) is 7.16. The Bertz CT molecular complexity index is 509. The summed E-state index contributed by atoms with van der Waals surface area (Å²) in [7, 11) is 0. The third kappa shape index (κ3) is 6.93. The normalized spacial score (nSPS) is 11.4. The van der Waals surface area contributed by atoms with Gasteiger partial charge in [-0.25, -0.2) is 5.43 Å². The molecule has 1 aromatic carbocycles. The van der Waals surface area contributed by atoms with Crippen LogP contribution < -0.4 is 10.7 Å². The van der Waals surface area contributed by atoms with Crippen LogP contribution in [0.25, 0.3) is 0 Å². The highest BCUT2D eigenvalue weighted by atomic mass is 79.9. The van der Waals surface area contributed by atoms with E-state index in [0.29, 0.717) is 0 Å². The Morgan fingerprint density at radius 2 is 1.86 bits per heavy atom. The van der Waals surface area contributed by atoms with Crippen LogP contribution >= 0.6 is 47.8 Å². The van der Waals surface area contributed by atoms with Gasteiger partial charge in [0.1, 0.15) is 0 Å². The third-order valence-electron chi connectivity index (χ3n) is 2.70. The molecule has 0 aliphatic carbocycles. The topological polar surface area (TPSA) is 53.5 Å². The van der Waals surface area contributed by atoms with Crippen molar-refractivity contribution >= 4 is 65.1 Å². The first-order valence-electron chi connectivity index (χ1n) is 6.64. The standard InChI is InChI=1S/C14H18Br3N3O/c1-3-4-5-9(2)19-20-13(21)8-18-14-11(16)6-10(15)7-12(14)17/h6-7,18H,3-5,8H2,1-2H3,(H,20,21). The monoisotopic (exact) mass is 481 g/mol. The van der Waals surface area contributed by atoms with Gasteiger partial charge in [-0.15, -0.1) is 0 Å². The number of hydrazone groups is 1. The number of amides is 1. The van der Waals surface area contributed by atoms with Gasteiger partial charge in [-0.2, -0.15) is 5.10 Å². The molecule has 21 heavy (non-hydrogen) atoms. The van der Waals surface area contributed by atoms with E-state index in [-0.39, 0.29) is 12.5 Å². The molecule has 1 aromatic rings. The average molecular weight is 484 g/mol. The molecule has 116 valence electrons.